The Bertz CT molecular complexity index is 320. The minimum absolute atomic E-state index is 0.901. The van der Waals surface area contributed by atoms with Crippen LogP contribution in [-0.4, -0.2) is 16.3 Å². The van der Waals surface area contributed by atoms with Crippen molar-refractivity contribution in [3.05, 3.63) is 18.0 Å². The quantitative estimate of drug-likeness (QED) is 0.538. The van der Waals surface area contributed by atoms with Crippen molar-refractivity contribution in [3.63, 3.8) is 0 Å². The summed E-state index contributed by atoms with van der Waals surface area (Å²) in [5, 5.41) is 7.98. The fraction of sp³-hybridized carbons (Fsp3) is 0.824. The second-order valence-corrected chi connectivity index (χ2v) is 5.72. The van der Waals surface area contributed by atoms with Crippen LogP contribution >= 0.6 is 0 Å². The van der Waals surface area contributed by atoms with Crippen LogP contribution < -0.4 is 5.32 Å². The maximum Gasteiger partial charge on any atom is 0.0762 e. The first-order chi connectivity index (χ1) is 9.86. The molecular formula is C17H33N3. The molecule has 0 unspecified atom stereocenters. The summed E-state index contributed by atoms with van der Waals surface area (Å²) < 4.78 is 2.10. The Morgan fingerprint density at radius 1 is 0.950 bits per heavy atom. The van der Waals surface area contributed by atoms with Gasteiger partial charge >= 0.3 is 0 Å². The third kappa shape index (κ3) is 8.36. The maximum absolute atomic E-state index is 4.59. The van der Waals surface area contributed by atoms with E-state index in [0.717, 1.165) is 25.3 Å². The van der Waals surface area contributed by atoms with E-state index in [1.54, 1.807) is 0 Å². The van der Waals surface area contributed by atoms with Crippen LogP contribution in [0, 0.1) is 0 Å². The highest BCUT2D eigenvalue weighted by atomic mass is 15.3. The van der Waals surface area contributed by atoms with E-state index in [0.29, 0.717) is 0 Å². The van der Waals surface area contributed by atoms with Gasteiger partial charge in [0.05, 0.1) is 5.69 Å². The molecule has 0 fully saturated rings. The Labute approximate surface area is 125 Å². The van der Waals surface area contributed by atoms with Gasteiger partial charge in [-0.05, 0) is 25.5 Å². The molecule has 0 atom stereocenters. The first kappa shape index (κ1) is 17.2. The number of nitrogens with zero attached hydrogens (tertiary/aromatic N) is 2. The van der Waals surface area contributed by atoms with Gasteiger partial charge in [-0.3, -0.25) is 4.68 Å². The van der Waals surface area contributed by atoms with Crippen molar-refractivity contribution < 1.29 is 0 Å². The first-order valence-electron chi connectivity index (χ1n) is 8.59. The molecule has 1 rings (SSSR count). The molecule has 0 aliphatic carbocycles. The van der Waals surface area contributed by atoms with Crippen LogP contribution in [0.2, 0.25) is 0 Å². The summed E-state index contributed by atoms with van der Waals surface area (Å²) in [4.78, 5) is 0. The molecule has 116 valence electrons. The van der Waals surface area contributed by atoms with Gasteiger partial charge in [-0.25, -0.2) is 0 Å². The Morgan fingerprint density at radius 2 is 1.65 bits per heavy atom. The maximum atomic E-state index is 4.59. The summed E-state index contributed by atoms with van der Waals surface area (Å²) >= 11 is 0. The molecule has 1 heterocycles. The lowest BCUT2D eigenvalue weighted by Gasteiger charge is -2.03. The molecular weight excluding hydrogens is 246 g/mol. The van der Waals surface area contributed by atoms with E-state index >= 15 is 0 Å². The van der Waals surface area contributed by atoms with Crippen molar-refractivity contribution in [2.45, 2.75) is 84.7 Å². The van der Waals surface area contributed by atoms with Crippen LogP contribution in [0.15, 0.2) is 12.3 Å². The van der Waals surface area contributed by atoms with Gasteiger partial charge in [-0.2, -0.15) is 5.10 Å². The summed E-state index contributed by atoms with van der Waals surface area (Å²) in [6.45, 7) is 7.51. The average molecular weight is 279 g/mol. The Hall–Kier alpha value is -0.830. The normalized spacial score (nSPS) is 11.1. The van der Waals surface area contributed by atoms with E-state index in [9.17, 15) is 0 Å². The molecule has 20 heavy (non-hydrogen) atoms. The minimum atomic E-state index is 0.901. The summed E-state index contributed by atoms with van der Waals surface area (Å²) in [5.74, 6) is 0. The van der Waals surface area contributed by atoms with E-state index in [2.05, 4.69) is 41.2 Å². The smallest absolute Gasteiger partial charge is 0.0762 e. The van der Waals surface area contributed by atoms with E-state index in [1.807, 2.05) is 0 Å². The molecule has 1 aromatic rings. The largest absolute Gasteiger partial charge is 0.311 e. The molecule has 0 amide bonds. The van der Waals surface area contributed by atoms with E-state index < -0.39 is 0 Å². The van der Waals surface area contributed by atoms with Gasteiger partial charge in [0.25, 0.3) is 0 Å². The summed E-state index contributed by atoms with van der Waals surface area (Å²) in [7, 11) is 0. The van der Waals surface area contributed by atoms with Crippen LogP contribution in [0.25, 0.3) is 0 Å². The molecule has 0 aliphatic rings. The standard InChI is InChI=1S/C17H33N3/c1-3-5-6-7-8-9-10-11-14-20-15-12-17(19-20)16-18-13-4-2/h12,15,18H,3-11,13-14,16H2,1-2H3. The summed E-state index contributed by atoms with van der Waals surface area (Å²) in [6, 6.07) is 2.13. The van der Waals surface area contributed by atoms with Crippen molar-refractivity contribution >= 4 is 0 Å². The second-order valence-electron chi connectivity index (χ2n) is 5.72. The molecule has 0 aromatic carbocycles. The number of aromatic nitrogens is 2. The van der Waals surface area contributed by atoms with Crippen molar-refractivity contribution in [2.75, 3.05) is 6.54 Å². The highest BCUT2D eigenvalue weighted by Crippen LogP contribution is 2.09. The monoisotopic (exact) mass is 279 g/mol. The topological polar surface area (TPSA) is 29.9 Å². The lowest BCUT2D eigenvalue weighted by Crippen LogP contribution is -2.14. The van der Waals surface area contributed by atoms with Gasteiger partial charge in [-0.1, -0.05) is 58.8 Å². The predicted octanol–water partition coefficient (Wildman–Crippen LogP) is 4.52. The van der Waals surface area contributed by atoms with Crippen LogP contribution in [0.5, 0.6) is 0 Å². The van der Waals surface area contributed by atoms with Gasteiger partial charge in [-0.15, -0.1) is 0 Å². The molecule has 3 heteroatoms. The minimum Gasteiger partial charge on any atom is -0.311 e. The van der Waals surface area contributed by atoms with E-state index in [-0.39, 0.29) is 0 Å². The number of nitrogens with one attached hydrogen (secondary N) is 1. The Balaban J connectivity index is 1.99. The number of aryl methyl sites for hydroxylation is 1. The van der Waals surface area contributed by atoms with Gasteiger partial charge in [0.2, 0.25) is 0 Å². The number of hydrogen-bond donors (Lipinski definition) is 1. The highest BCUT2D eigenvalue weighted by Gasteiger charge is 1.98. The molecule has 1 aromatic heterocycles. The molecule has 0 saturated carbocycles. The Morgan fingerprint density at radius 3 is 2.35 bits per heavy atom. The molecule has 0 bridgehead atoms. The van der Waals surface area contributed by atoms with E-state index in [4.69, 9.17) is 0 Å². The molecule has 0 radical (unpaired) electrons. The first-order valence-corrected chi connectivity index (χ1v) is 8.59. The third-order valence-corrected chi connectivity index (χ3v) is 3.67. The van der Waals surface area contributed by atoms with Crippen LogP contribution in [0.3, 0.4) is 0 Å². The zero-order valence-corrected chi connectivity index (χ0v) is 13.5. The van der Waals surface area contributed by atoms with Crippen LogP contribution in [0.4, 0.5) is 0 Å². The van der Waals surface area contributed by atoms with Gasteiger partial charge in [0, 0.05) is 19.3 Å². The predicted molar refractivity (Wildman–Crippen MR) is 86.8 cm³/mol. The number of hydrogen-bond acceptors (Lipinski definition) is 2. The fourth-order valence-electron chi connectivity index (χ4n) is 2.42. The van der Waals surface area contributed by atoms with Crippen molar-refractivity contribution in [1.29, 1.82) is 0 Å². The van der Waals surface area contributed by atoms with Crippen molar-refractivity contribution in [2.24, 2.45) is 0 Å². The zero-order valence-electron chi connectivity index (χ0n) is 13.5. The highest BCUT2D eigenvalue weighted by molar-refractivity contribution is 4.98. The molecule has 0 spiro atoms. The van der Waals surface area contributed by atoms with Gasteiger partial charge in [0.1, 0.15) is 0 Å². The fourth-order valence-corrected chi connectivity index (χ4v) is 2.42. The zero-order chi connectivity index (χ0) is 14.5. The SMILES string of the molecule is CCCCCCCCCCn1ccc(CNCCC)n1. The molecule has 1 N–H and O–H groups in total. The molecule has 3 nitrogen and oxygen atoms in total. The Kier molecular flexibility index (Phi) is 10.3. The van der Waals surface area contributed by atoms with Crippen molar-refractivity contribution in [3.8, 4) is 0 Å². The average Bonchev–Trinajstić information content (AvgIpc) is 2.90. The third-order valence-electron chi connectivity index (χ3n) is 3.67. The van der Waals surface area contributed by atoms with Crippen LogP contribution in [-0.2, 0) is 13.1 Å². The van der Waals surface area contributed by atoms with Crippen LogP contribution in [0.1, 0.15) is 77.3 Å². The van der Waals surface area contributed by atoms with Gasteiger partial charge < -0.3 is 5.32 Å². The molecule has 0 saturated heterocycles. The second kappa shape index (κ2) is 12.0. The molecule has 0 aliphatic heterocycles. The summed E-state index contributed by atoms with van der Waals surface area (Å²) in [6.07, 6.45) is 14.3. The lowest BCUT2D eigenvalue weighted by molar-refractivity contribution is 0.515. The van der Waals surface area contributed by atoms with Gasteiger partial charge in [0.15, 0.2) is 0 Å². The summed E-state index contributed by atoms with van der Waals surface area (Å²) in [5.41, 5.74) is 1.16. The van der Waals surface area contributed by atoms with E-state index in [1.165, 1.54) is 57.8 Å². The number of rotatable bonds is 13. The lowest BCUT2D eigenvalue weighted by atomic mass is 10.1. The number of unbranched alkanes of at least 4 members (excludes halogenated alkanes) is 7. The van der Waals surface area contributed by atoms with Crippen molar-refractivity contribution in [1.82, 2.24) is 15.1 Å².